The number of piperazine rings is 1. The van der Waals surface area contributed by atoms with E-state index in [-0.39, 0.29) is 5.91 Å². The minimum absolute atomic E-state index is 0.0210. The van der Waals surface area contributed by atoms with Gasteiger partial charge in [0.05, 0.1) is 22.0 Å². The number of aromatic nitrogens is 2. The van der Waals surface area contributed by atoms with Crippen molar-refractivity contribution in [3.8, 4) is 5.75 Å². The Kier molecular flexibility index (Phi) is 4.60. The molecule has 5 rings (SSSR count). The largest absolute Gasteiger partial charge is 0.494 e. The van der Waals surface area contributed by atoms with Crippen molar-refractivity contribution >= 4 is 54.1 Å². The molecule has 0 atom stereocenters. The topological polar surface area (TPSA) is 58.6 Å². The Balaban J connectivity index is 1.33. The minimum atomic E-state index is 0.0210. The summed E-state index contributed by atoms with van der Waals surface area (Å²) >= 11 is 3.15. The van der Waals surface area contributed by atoms with Gasteiger partial charge in [-0.2, -0.15) is 0 Å². The Morgan fingerprint density at radius 3 is 2.59 bits per heavy atom. The molecular formula is C21H20N4O2S2. The fourth-order valence-electron chi connectivity index (χ4n) is 3.60. The van der Waals surface area contributed by atoms with Gasteiger partial charge < -0.3 is 14.5 Å². The molecule has 1 fully saturated rings. The molecule has 0 unspecified atom stereocenters. The van der Waals surface area contributed by atoms with E-state index >= 15 is 0 Å². The van der Waals surface area contributed by atoms with Gasteiger partial charge in [0.2, 0.25) is 0 Å². The molecular weight excluding hydrogens is 404 g/mol. The minimum Gasteiger partial charge on any atom is -0.494 e. The summed E-state index contributed by atoms with van der Waals surface area (Å²) in [5.74, 6) is 0.824. The zero-order valence-electron chi connectivity index (χ0n) is 16.2. The van der Waals surface area contributed by atoms with Crippen LogP contribution in [0.2, 0.25) is 0 Å². The van der Waals surface area contributed by atoms with Crippen molar-refractivity contribution in [3.63, 3.8) is 0 Å². The van der Waals surface area contributed by atoms with Crippen LogP contribution in [0.1, 0.15) is 15.4 Å². The first-order valence-electron chi connectivity index (χ1n) is 9.48. The zero-order valence-corrected chi connectivity index (χ0v) is 17.8. The normalized spacial score (nSPS) is 14.7. The van der Waals surface area contributed by atoms with Crippen molar-refractivity contribution in [2.75, 3.05) is 38.2 Å². The number of nitrogens with zero attached hydrogens (tertiary/aromatic N) is 4. The van der Waals surface area contributed by atoms with E-state index in [4.69, 9.17) is 9.72 Å². The Hall–Kier alpha value is -2.71. The van der Waals surface area contributed by atoms with Crippen LogP contribution in [0.4, 0.5) is 5.13 Å². The lowest BCUT2D eigenvalue weighted by Crippen LogP contribution is -2.48. The number of para-hydroxylation sites is 1. The maximum absolute atomic E-state index is 12.9. The zero-order chi connectivity index (χ0) is 20.0. The molecule has 6 nitrogen and oxygen atoms in total. The summed E-state index contributed by atoms with van der Waals surface area (Å²) < 4.78 is 7.68. The molecule has 2 aromatic carbocycles. The molecule has 29 heavy (non-hydrogen) atoms. The smallest absolute Gasteiger partial charge is 0.282 e. The maximum Gasteiger partial charge on any atom is 0.282 e. The van der Waals surface area contributed by atoms with Gasteiger partial charge in [0, 0.05) is 26.2 Å². The SMILES string of the molecule is COc1ccc(C)c2sc(N3CCN(C(=O)c4nc5ccccc5s4)CC3)nc12. The van der Waals surface area contributed by atoms with Crippen LogP contribution in [0.5, 0.6) is 5.75 Å². The van der Waals surface area contributed by atoms with Crippen LogP contribution in [0, 0.1) is 6.92 Å². The number of rotatable bonds is 3. The number of hydrogen-bond acceptors (Lipinski definition) is 7. The predicted octanol–water partition coefficient (Wildman–Crippen LogP) is 4.19. The number of thiazole rings is 2. The summed E-state index contributed by atoms with van der Waals surface area (Å²) in [6.07, 6.45) is 0. The number of anilines is 1. The first-order chi connectivity index (χ1) is 14.1. The molecule has 1 aliphatic rings. The summed E-state index contributed by atoms with van der Waals surface area (Å²) in [7, 11) is 1.68. The van der Waals surface area contributed by atoms with Crippen molar-refractivity contribution in [1.29, 1.82) is 0 Å². The Labute approximate surface area is 176 Å². The van der Waals surface area contributed by atoms with Gasteiger partial charge in [-0.3, -0.25) is 4.79 Å². The number of amides is 1. The van der Waals surface area contributed by atoms with Gasteiger partial charge in [-0.05, 0) is 30.7 Å². The van der Waals surface area contributed by atoms with Gasteiger partial charge in [0.15, 0.2) is 10.1 Å². The number of ether oxygens (including phenoxy) is 1. The second kappa shape index (κ2) is 7.27. The van der Waals surface area contributed by atoms with Crippen LogP contribution >= 0.6 is 22.7 Å². The third-order valence-corrected chi connectivity index (χ3v) is 7.50. The number of aryl methyl sites for hydroxylation is 1. The van der Waals surface area contributed by atoms with Crippen molar-refractivity contribution in [3.05, 3.63) is 47.0 Å². The molecule has 0 radical (unpaired) electrons. The number of hydrogen-bond donors (Lipinski definition) is 0. The first kappa shape index (κ1) is 18.3. The van der Waals surface area contributed by atoms with Crippen LogP contribution in [0.3, 0.4) is 0 Å². The number of methoxy groups -OCH3 is 1. The molecule has 4 aromatic rings. The third kappa shape index (κ3) is 3.22. The van der Waals surface area contributed by atoms with E-state index in [0.29, 0.717) is 18.1 Å². The van der Waals surface area contributed by atoms with E-state index in [1.807, 2.05) is 35.2 Å². The first-order valence-corrected chi connectivity index (χ1v) is 11.1. The van der Waals surface area contributed by atoms with Crippen LogP contribution in [0.15, 0.2) is 36.4 Å². The van der Waals surface area contributed by atoms with Crippen molar-refractivity contribution < 1.29 is 9.53 Å². The summed E-state index contributed by atoms with van der Waals surface area (Å²) in [4.78, 5) is 26.4. The van der Waals surface area contributed by atoms with Gasteiger partial charge in [-0.25, -0.2) is 9.97 Å². The van der Waals surface area contributed by atoms with Crippen molar-refractivity contribution in [2.45, 2.75) is 6.92 Å². The van der Waals surface area contributed by atoms with E-state index in [9.17, 15) is 4.79 Å². The second-order valence-electron chi connectivity index (χ2n) is 7.02. The molecule has 1 saturated heterocycles. The number of carbonyl (C=O) groups excluding carboxylic acids is 1. The summed E-state index contributed by atoms with van der Waals surface area (Å²) in [6, 6.07) is 11.9. The number of fused-ring (bicyclic) bond motifs is 2. The Bertz CT molecular complexity index is 1180. The van der Waals surface area contributed by atoms with Crippen LogP contribution < -0.4 is 9.64 Å². The van der Waals surface area contributed by atoms with Crippen molar-refractivity contribution in [1.82, 2.24) is 14.9 Å². The van der Waals surface area contributed by atoms with Crippen LogP contribution in [0.25, 0.3) is 20.4 Å². The molecule has 8 heteroatoms. The predicted molar refractivity (Wildman–Crippen MR) is 119 cm³/mol. The fourth-order valence-corrected chi connectivity index (χ4v) is 5.63. The van der Waals surface area contributed by atoms with E-state index < -0.39 is 0 Å². The van der Waals surface area contributed by atoms with E-state index in [1.54, 1.807) is 18.4 Å². The Morgan fingerprint density at radius 1 is 1.03 bits per heavy atom. The molecule has 0 bridgehead atoms. The highest BCUT2D eigenvalue weighted by atomic mass is 32.1. The highest BCUT2D eigenvalue weighted by Crippen LogP contribution is 2.36. The van der Waals surface area contributed by atoms with E-state index in [1.165, 1.54) is 16.9 Å². The maximum atomic E-state index is 12.9. The van der Waals surface area contributed by atoms with Gasteiger partial charge in [0.1, 0.15) is 11.3 Å². The monoisotopic (exact) mass is 424 g/mol. The summed E-state index contributed by atoms with van der Waals surface area (Å²) in [5, 5.41) is 1.56. The molecule has 0 N–H and O–H groups in total. The average Bonchev–Trinajstić information content (AvgIpc) is 3.39. The van der Waals surface area contributed by atoms with Crippen LogP contribution in [-0.4, -0.2) is 54.1 Å². The standard InChI is InChI=1S/C21H20N4O2S2/c1-13-7-8-15(27-2)17-18(13)29-21(23-17)25-11-9-24(10-12-25)20(26)19-22-14-5-3-4-6-16(14)28-19/h3-8H,9-12H2,1-2H3. The average molecular weight is 425 g/mol. The van der Waals surface area contributed by atoms with E-state index in [0.717, 1.165) is 44.4 Å². The summed E-state index contributed by atoms with van der Waals surface area (Å²) in [6.45, 7) is 4.95. The molecule has 1 aliphatic heterocycles. The lowest BCUT2D eigenvalue weighted by Gasteiger charge is -2.34. The second-order valence-corrected chi connectivity index (χ2v) is 9.03. The fraction of sp³-hybridized carbons (Fsp3) is 0.286. The lowest BCUT2D eigenvalue weighted by molar-refractivity contribution is 0.0746. The van der Waals surface area contributed by atoms with Gasteiger partial charge in [-0.15, -0.1) is 11.3 Å². The van der Waals surface area contributed by atoms with Gasteiger partial charge in [-0.1, -0.05) is 29.5 Å². The quantitative estimate of drug-likeness (QED) is 0.494. The van der Waals surface area contributed by atoms with Gasteiger partial charge in [0.25, 0.3) is 5.91 Å². The summed E-state index contributed by atoms with van der Waals surface area (Å²) in [5.41, 5.74) is 3.01. The van der Waals surface area contributed by atoms with Crippen molar-refractivity contribution in [2.24, 2.45) is 0 Å². The molecule has 148 valence electrons. The molecule has 0 aliphatic carbocycles. The Morgan fingerprint density at radius 2 is 1.83 bits per heavy atom. The molecule has 0 saturated carbocycles. The highest BCUT2D eigenvalue weighted by Gasteiger charge is 2.26. The highest BCUT2D eigenvalue weighted by molar-refractivity contribution is 7.22. The van der Waals surface area contributed by atoms with E-state index in [2.05, 4.69) is 22.9 Å². The van der Waals surface area contributed by atoms with Gasteiger partial charge >= 0.3 is 0 Å². The number of benzene rings is 2. The molecule has 2 aromatic heterocycles. The lowest BCUT2D eigenvalue weighted by atomic mass is 10.2. The third-order valence-electron chi connectivity index (χ3n) is 5.23. The van der Waals surface area contributed by atoms with Crippen LogP contribution in [-0.2, 0) is 0 Å². The number of carbonyl (C=O) groups is 1. The molecule has 3 heterocycles. The molecule has 1 amide bonds. The molecule has 0 spiro atoms.